The Morgan fingerprint density at radius 3 is 2.03 bits per heavy atom. The normalized spacial score (nSPS) is 15.7. The molecule has 0 unspecified atom stereocenters. The molecule has 1 saturated heterocycles. The van der Waals surface area contributed by atoms with E-state index in [1.807, 2.05) is 0 Å². The van der Waals surface area contributed by atoms with Crippen LogP contribution in [0.4, 0.5) is 17.1 Å². The minimum absolute atomic E-state index is 0.0290. The first kappa shape index (κ1) is 20.6. The summed E-state index contributed by atoms with van der Waals surface area (Å²) in [5, 5.41) is 21.4. The highest BCUT2D eigenvalue weighted by Crippen LogP contribution is 2.27. The number of non-ortho nitro benzene ring substituents is 2. The summed E-state index contributed by atoms with van der Waals surface area (Å²) in [6.45, 7) is -0.528. The molecule has 1 atom stereocenters. The first-order chi connectivity index (χ1) is 14.3. The third-order valence-electron chi connectivity index (χ3n) is 4.58. The zero-order valence-electron chi connectivity index (χ0n) is 15.4. The number of nitrogens with zero attached hydrogens (tertiary/aromatic N) is 3. The third-order valence-corrected chi connectivity index (χ3v) is 4.58. The molecule has 3 rings (SSSR count). The van der Waals surface area contributed by atoms with Crippen molar-refractivity contribution >= 4 is 34.7 Å². The van der Waals surface area contributed by atoms with Crippen LogP contribution < -0.4 is 4.90 Å². The molecule has 0 aromatic heterocycles. The van der Waals surface area contributed by atoms with Gasteiger partial charge in [-0.15, -0.1) is 0 Å². The average molecular weight is 413 g/mol. The standard InChI is InChI=1S/C19H15N3O8/c23-17(12-1-3-15(4-2-12)21(26)27)11-30-19(25)13-9-18(24)20(10-13)14-5-7-16(8-6-14)22(28)29/h1-8,13H,9-11H2/t13-/m0/s1. The number of anilines is 1. The van der Waals surface area contributed by atoms with E-state index < -0.39 is 34.1 Å². The van der Waals surface area contributed by atoms with Crippen molar-refractivity contribution in [1.82, 2.24) is 0 Å². The van der Waals surface area contributed by atoms with Crippen LogP contribution in [0, 0.1) is 26.1 Å². The van der Waals surface area contributed by atoms with Crippen LogP contribution >= 0.6 is 0 Å². The summed E-state index contributed by atoms with van der Waals surface area (Å²) in [5.74, 6) is -2.37. The molecule has 11 nitrogen and oxygen atoms in total. The number of hydrogen-bond acceptors (Lipinski definition) is 8. The Bertz CT molecular complexity index is 1020. The highest BCUT2D eigenvalue weighted by atomic mass is 16.6. The lowest BCUT2D eigenvalue weighted by molar-refractivity contribution is -0.385. The van der Waals surface area contributed by atoms with Gasteiger partial charge in [0.2, 0.25) is 5.91 Å². The summed E-state index contributed by atoms with van der Waals surface area (Å²) in [7, 11) is 0. The summed E-state index contributed by atoms with van der Waals surface area (Å²) >= 11 is 0. The lowest BCUT2D eigenvalue weighted by Crippen LogP contribution is -2.27. The van der Waals surface area contributed by atoms with Crippen molar-refractivity contribution in [3.63, 3.8) is 0 Å². The zero-order valence-corrected chi connectivity index (χ0v) is 15.4. The van der Waals surface area contributed by atoms with Crippen molar-refractivity contribution in [3.05, 3.63) is 74.3 Å². The Hall–Kier alpha value is -4.15. The number of benzene rings is 2. The van der Waals surface area contributed by atoms with Crippen LogP contribution in [0.2, 0.25) is 0 Å². The van der Waals surface area contributed by atoms with Gasteiger partial charge < -0.3 is 9.64 Å². The molecule has 154 valence electrons. The smallest absolute Gasteiger partial charge is 0.311 e. The summed E-state index contributed by atoms with van der Waals surface area (Å²) in [4.78, 5) is 58.1. The summed E-state index contributed by atoms with van der Waals surface area (Å²) in [6, 6.07) is 10.2. The van der Waals surface area contributed by atoms with Crippen LogP contribution in [0.5, 0.6) is 0 Å². The Morgan fingerprint density at radius 1 is 0.967 bits per heavy atom. The molecule has 0 saturated carbocycles. The summed E-state index contributed by atoms with van der Waals surface area (Å²) in [5.41, 5.74) is 0.289. The van der Waals surface area contributed by atoms with Crippen molar-refractivity contribution in [2.45, 2.75) is 6.42 Å². The molecule has 1 fully saturated rings. The number of carbonyl (C=O) groups is 3. The molecule has 0 aliphatic carbocycles. The van der Waals surface area contributed by atoms with Crippen molar-refractivity contribution in [2.24, 2.45) is 5.92 Å². The highest BCUT2D eigenvalue weighted by molar-refractivity contribution is 6.01. The average Bonchev–Trinajstić information content (AvgIpc) is 3.13. The molecule has 2 aromatic carbocycles. The van der Waals surface area contributed by atoms with Crippen LogP contribution in [0.1, 0.15) is 16.8 Å². The number of ketones is 1. The van der Waals surface area contributed by atoms with E-state index in [9.17, 15) is 34.6 Å². The van der Waals surface area contributed by atoms with Crippen LogP contribution in [-0.2, 0) is 14.3 Å². The van der Waals surface area contributed by atoms with Gasteiger partial charge in [0.15, 0.2) is 12.4 Å². The Kier molecular flexibility index (Phi) is 5.81. The summed E-state index contributed by atoms with van der Waals surface area (Å²) in [6.07, 6.45) is -0.110. The fourth-order valence-corrected chi connectivity index (χ4v) is 2.98. The van der Waals surface area contributed by atoms with Crippen molar-refractivity contribution in [2.75, 3.05) is 18.1 Å². The molecule has 1 heterocycles. The molecule has 0 bridgehead atoms. The number of rotatable bonds is 7. The number of nitro groups is 2. The van der Waals surface area contributed by atoms with Gasteiger partial charge in [-0.2, -0.15) is 0 Å². The van der Waals surface area contributed by atoms with Crippen LogP contribution in [0.15, 0.2) is 48.5 Å². The molecule has 0 radical (unpaired) electrons. The van der Waals surface area contributed by atoms with E-state index in [0.717, 1.165) is 0 Å². The Balaban J connectivity index is 1.57. The SMILES string of the molecule is O=C(COC(=O)[C@H]1CC(=O)N(c2ccc([N+](=O)[O-])cc2)C1)c1ccc([N+](=O)[O-])cc1. The van der Waals surface area contributed by atoms with Crippen molar-refractivity contribution in [1.29, 1.82) is 0 Å². The molecule has 11 heteroatoms. The predicted octanol–water partition coefficient (Wildman–Crippen LogP) is 2.28. The topological polar surface area (TPSA) is 150 Å². The molecule has 1 amide bonds. The molecular formula is C19H15N3O8. The molecule has 0 spiro atoms. The largest absolute Gasteiger partial charge is 0.457 e. The number of nitro benzene ring substituents is 2. The van der Waals surface area contributed by atoms with Gasteiger partial charge in [0.05, 0.1) is 15.8 Å². The highest BCUT2D eigenvalue weighted by Gasteiger charge is 2.36. The van der Waals surface area contributed by atoms with E-state index in [1.54, 1.807) is 0 Å². The van der Waals surface area contributed by atoms with Gasteiger partial charge >= 0.3 is 5.97 Å². The maximum Gasteiger partial charge on any atom is 0.311 e. The van der Waals surface area contributed by atoms with Crippen LogP contribution in [0.25, 0.3) is 0 Å². The van der Waals surface area contributed by atoms with Crippen LogP contribution in [0.3, 0.4) is 0 Å². The second-order valence-corrected chi connectivity index (χ2v) is 6.51. The second-order valence-electron chi connectivity index (χ2n) is 6.51. The van der Waals surface area contributed by atoms with Gasteiger partial charge in [0.25, 0.3) is 11.4 Å². The molecule has 1 aliphatic rings. The molecule has 30 heavy (non-hydrogen) atoms. The molecular weight excluding hydrogens is 398 g/mol. The van der Waals surface area contributed by atoms with E-state index >= 15 is 0 Å². The first-order valence-corrected chi connectivity index (χ1v) is 8.75. The molecule has 0 N–H and O–H groups in total. The van der Waals surface area contributed by atoms with Gasteiger partial charge in [-0.25, -0.2) is 0 Å². The van der Waals surface area contributed by atoms with Gasteiger partial charge in [-0.1, -0.05) is 0 Å². The second kappa shape index (κ2) is 8.47. The number of hydrogen-bond donors (Lipinski definition) is 0. The van der Waals surface area contributed by atoms with Gasteiger partial charge in [0, 0.05) is 48.5 Å². The minimum atomic E-state index is -0.780. The maximum absolute atomic E-state index is 12.3. The zero-order chi connectivity index (χ0) is 21.8. The minimum Gasteiger partial charge on any atom is -0.457 e. The lowest BCUT2D eigenvalue weighted by Gasteiger charge is -2.16. The maximum atomic E-state index is 12.3. The number of Topliss-reactive ketones (excluding diaryl/α,β-unsaturated/α-hetero) is 1. The number of esters is 1. The fourth-order valence-electron chi connectivity index (χ4n) is 2.98. The van der Waals surface area contributed by atoms with E-state index in [-0.39, 0.29) is 35.8 Å². The van der Waals surface area contributed by atoms with E-state index in [1.165, 1.54) is 53.4 Å². The third kappa shape index (κ3) is 4.46. The van der Waals surface area contributed by atoms with Gasteiger partial charge in [0.1, 0.15) is 0 Å². The van der Waals surface area contributed by atoms with Crippen molar-refractivity contribution < 1.29 is 29.0 Å². The monoisotopic (exact) mass is 413 g/mol. The van der Waals surface area contributed by atoms with E-state index in [4.69, 9.17) is 4.74 Å². The quantitative estimate of drug-likeness (QED) is 0.290. The van der Waals surface area contributed by atoms with Gasteiger partial charge in [-0.3, -0.25) is 34.6 Å². The van der Waals surface area contributed by atoms with Crippen LogP contribution in [-0.4, -0.2) is 40.7 Å². The molecule has 2 aromatic rings. The summed E-state index contributed by atoms with van der Waals surface area (Å²) < 4.78 is 5.01. The van der Waals surface area contributed by atoms with E-state index in [0.29, 0.717) is 5.69 Å². The van der Waals surface area contributed by atoms with Gasteiger partial charge in [-0.05, 0) is 24.3 Å². The first-order valence-electron chi connectivity index (χ1n) is 8.75. The fraction of sp³-hybridized carbons (Fsp3) is 0.211. The van der Waals surface area contributed by atoms with Crippen molar-refractivity contribution in [3.8, 4) is 0 Å². The predicted molar refractivity (Wildman–Crippen MR) is 102 cm³/mol. The number of amides is 1. The number of ether oxygens (including phenoxy) is 1. The molecule has 1 aliphatic heterocycles. The lowest BCUT2D eigenvalue weighted by atomic mass is 10.1. The Morgan fingerprint density at radius 2 is 1.50 bits per heavy atom. The number of carbonyl (C=O) groups excluding carboxylic acids is 3. The Labute approximate surface area is 169 Å². The van der Waals surface area contributed by atoms with E-state index in [2.05, 4.69) is 0 Å².